The number of rotatable bonds is 17. The number of nitrogens with two attached hydrogens (primary N) is 1. The number of nitrogens with zero attached hydrogens (tertiary/aromatic N) is 3. The maximum atomic E-state index is 13.8. The van der Waals surface area contributed by atoms with Crippen molar-refractivity contribution < 1.29 is 42.9 Å². The Kier molecular flexibility index (Phi) is 15.1. The quantitative estimate of drug-likeness (QED) is 0.0621. The van der Waals surface area contributed by atoms with Gasteiger partial charge in [-0.15, -0.1) is 0 Å². The standard InChI is InChI=1S/C46H56N4O9/c1-8-55-42(51)36-23-31(4)48-39(26-36)50(45(54)57-29-32-15-10-9-11-16-32)21-14-22-56-37-20-13-19-35(25-37)41(47)40(43(52)59-46(5,6)7)38-28-49(44(53)58-38)27-33-17-12-18-34(24-33)30(2)3/h9-13,15-20,23-26,30,38,40-41H,8,14,21-22,27-29,47H2,1-7H3/t38?,40?,41-/m1/s1. The normalized spacial score (nSPS) is 15.0. The number of cyclic esters (lactones) is 1. The van der Waals surface area contributed by atoms with Gasteiger partial charge in [0.15, 0.2) is 0 Å². The number of hydrogen-bond acceptors (Lipinski definition) is 11. The number of anilines is 1. The van der Waals surface area contributed by atoms with Crippen molar-refractivity contribution in [2.24, 2.45) is 11.7 Å². The van der Waals surface area contributed by atoms with Gasteiger partial charge in [0.1, 0.15) is 35.8 Å². The molecule has 2 amide bonds. The Balaban J connectivity index is 1.29. The number of esters is 2. The molecule has 4 aromatic rings. The van der Waals surface area contributed by atoms with Crippen LogP contribution in [0.5, 0.6) is 5.75 Å². The van der Waals surface area contributed by atoms with Crippen LogP contribution in [-0.2, 0) is 36.9 Å². The molecule has 314 valence electrons. The number of ether oxygens (including phenoxy) is 5. The van der Waals surface area contributed by atoms with Gasteiger partial charge in [0.25, 0.3) is 0 Å². The first-order valence-electron chi connectivity index (χ1n) is 20.0. The van der Waals surface area contributed by atoms with Crippen molar-refractivity contribution >= 4 is 29.9 Å². The first kappa shape index (κ1) is 44.2. The average molecular weight is 809 g/mol. The number of aromatic nitrogens is 1. The van der Waals surface area contributed by atoms with Crippen molar-refractivity contribution in [2.75, 3.05) is 31.2 Å². The minimum absolute atomic E-state index is 0.0464. The maximum Gasteiger partial charge on any atom is 0.415 e. The lowest BCUT2D eigenvalue weighted by Crippen LogP contribution is -2.43. The first-order valence-corrected chi connectivity index (χ1v) is 20.0. The summed E-state index contributed by atoms with van der Waals surface area (Å²) in [6.45, 7) is 14.0. The second kappa shape index (κ2) is 20.1. The molecular formula is C46H56N4O9. The summed E-state index contributed by atoms with van der Waals surface area (Å²) < 4.78 is 28.7. The molecule has 5 rings (SSSR count). The summed E-state index contributed by atoms with van der Waals surface area (Å²) in [6.07, 6.45) is -1.68. The van der Waals surface area contributed by atoms with Gasteiger partial charge in [-0.05, 0) is 93.5 Å². The average Bonchev–Trinajstić information content (AvgIpc) is 3.54. The second-order valence-electron chi connectivity index (χ2n) is 15.8. The predicted octanol–water partition coefficient (Wildman–Crippen LogP) is 8.28. The molecule has 0 bridgehead atoms. The summed E-state index contributed by atoms with van der Waals surface area (Å²) in [7, 11) is 0. The lowest BCUT2D eigenvalue weighted by Gasteiger charge is -2.30. The zero-order chi connectivity index (χ0) is 42.7. The van der Waals surface area contributed by atoms with Crippen molar-refractivity contribution in [3.05, 3.63) is 125 Å². The molecule has 0 spiro atoms. The van der Waals surface area contributed by atoms with Crippen LogP contribution in [0, 0.1) is 12.8 Å². The SMILES string of the molecule is CCOC(=O)c1cc(C)nc(N(CCCOc2cccc([C@@H](N)C(C(=O)OC(C)(C)C)C3CN(Cc4cccc(C(C)C)c4)C(=O)O3)c2)C(=O)OCc2ccccc2)c1. The Labute approximate surface area is 346 Å². The van der Waals surface area contributed by atoms with Crippen LogP contribution in [0.4, 0.5) is 15.4 Å². The van der Waals surface area contributed by atoms with E-state index in [1.165, 1.54) is 11.0 Å². The van der Waals surface area contributed by atoms with E-state index in [-0.39, 0.29) is 44.3 Å². The van der Waals surface area contributed by atoms with E-state index in [0.29, 0.717) is 35.9 Å². The monoisotopic (exact) mass is 808 g/mol. The Morgan fingerprint density at radius 3 is 2.36 bits per heavy atom. The smallest absolute Gasteiger partial charge is 0.415 e. The molecule has 1 aliphatic heterocycles. The molecule has 13 heteroatoms. The van der Waals surface area contributed by atoms with Crippen molar-refractivity contribution in [3.63, 3.8) is 0 Å². The van der Waals surface area contributed by atoms with Gasteiger partial charge < -0.3 is 34.3 Å². The molecule has 1 aromatic heterocycles. The highest BCUT2D eigenvalue weighted by Gasteiger charge is 2.45. The molecule has 13 nitrogen and oxygen atoms in total. The zero-order valence-electron chi connectivity index (χ0n) is 35.0. The number of hydrogen-bond donors (Lipinski definition) is 1. The van der Waals surface area contributed by atoms with Crippen LogP contribution >= 0.6 is 0 Å². The fourth-order valence-corrected chi connectivity index (χ4v) is 6.67. The van der Waals surface area contributed by atoms with Crippen LogP contribution in [0.15, 0.2) is 91.0 Å². The van der Waals surface area contributed by atoms with Gasteiger partial charge in [-0.1, -0.05) is 80.6 Å². The van der Waals surface area contributed by atoms with E-state index in [1.54, 1.807) is 69.9 Å². The number of benzene rings is 3. The van der Waals surface area contributed by atoms with Crippen LogP contribution < -0.4 is 15.4 Å². The van der Waals surface area contributed by atoms with E-state index in [2.05, 4.69) is 31.0 Å². The Morgan fingerprint density at radius 2 is 1.64 bits per heavy atom. The van der Waals surface area contributed by atoms with Crippen molar-refractivity contribution in [1.82, 2.24) is 9.88 Å². The van der Waals surface area contributed by atoms with Crippen LogP contribution in [0.25, 0.3) is 0 Å². The summed E-state index contributed by atoms with van der Waals surface area (Å²) in [5.41, 5.74) is 10.4. The van der Waals surface area contributed by atoms with Gasteiger partial charge in [0.05, 0.1) is 25.3 Å². The van der Waals surface area contributed by atoms with Gasteiger partial charge in [0.2, 0.25) is 0 Å². The van der Waals surface area contributed by atoms with Crippen LogP contribution in [0.3, 0.4) is 0 Å². The van der Waals surface area contributed by atoms with Crippen molar-refractivity contribution in [2.45, 2.75) is 91.7 Å². The summed E-state index contributed by atoms with van der Waals surface area (Å²) in [4.78, 5) is 60.6. The molecule has 2 unspecified atom stereocenters. The lowest BCUT2D eigenvalue weighted by molar-refractivity contribution is -0.164. The summed E-state index contributed by atoms with van der Waals surface area (Å²) in [6, 6.07) is 26.6. The minimum atomic E-state index is -1.02. The molecule has 2 heterocycles. The van der Waals surface area contributed by atoms with Crippen LogP contribution in [0.1, 0.15) is 98.2 Å². The number of amides is 2. The minimum Gasteiger partial charge on any atom is -0.494 e. The van der Waals surface area contributed by atoms with Gasteiger partial charge in [-0.25, -0.2) is 19.4 Å². The number of pyridine rings is 1. The zero-order valence-corrected chi connectivity index (χ0v) is 35.0. The molecule has 1 saturated heterocycles. The Morgan fingerprint density at radius 1 is 0.932 bits per heavy atom. The topological polar surface area (TPSA) is 160 Å². The summed E-state index contributed by atoms with van der Waals surface area (Å²) in [5, 5.41) is 0. The predicted molar refractivity (Wildman–Crippen MR) is 223 cm³/mol. The fourth-order valence-electron chi connectivity index (χ4n) is 6.67. The highest BCUT2D eigenvalue weighted by molar-refractivity contribution is 5.93. The molecule has 1 fully saturated rings. The highest BCUT2D eigenvalue weighted by Crippen LogP contribution is 2.33. The largest absolute Gasteiger partial charge is 0.494 e. The molecular weight excluding hydrogens is 753 g/mol. The highest BCUT2D eigenvalue weighted by atomic mass is 16.6. The van der Waals surface area contributed by atoms with E-state index in [4.69, 9.17) is 29.4 Å². The van der Waals surface area contributed by atoms with E-state index < -0.39 is 47.8 Å². The van der Waals surface area contributed by atoms with Crippen LogP contribution in [0.2, 0.25) is 0 Å². The third kappa shape index (κ3) is 12.5. The fraction of sp³-hybridized carbons (Fsp3) is 0.413. The first-order chi connectivity index (χ1) is 28.1. The molecule has 2 N–H and O–H groups in total. The summed E-state index contributed by atoms with van der Waals surface area (Å²) >= 11 is 0. The van der Waals surface area contributed by atoms with E-state index in [1.807, 2.05) is 42.5 Å². The molecule has 1 aliphatic rings. The molecule has 0 saturated carbocycles. The third-order valence-corrected chi connectivity index (χ3v) is 9.56. The van der Waals surface area contributed by atoms with Crippen molar-refractivity contribution in [3.8, 4) is 5.75 Å². The van der Waals surface area contributed by atoms with E-state index in [9.17, 15) is 19.2 Å². The number of carbonyl (C=O) groups is 4. The van der Waals surface area contributed by atoms with Gasteiger partial charge in [0, 0.05) is 24.8 Å². The second-order valence-corrected chi connectivity index (χ2v) is 15.8. The maximum absolute atomic E-state index is 13.8. The molecule has 59 heavy (non-hydrogen) atoms. The molecule has 3 aromatic carbocycles. The van der Waals surface area contributed by atoms with Crippen molar-refractivity contribution in [1.29, 1.82) is 0 Å². The number of carbonyl (C=O) groups excluding carboxylic acids is 4. The van der Waals surface area contributed by atoms with E-state index >= 15 is 0 Å². The van der Waals surface area contributed by atoms with E-state index in [0.717, 1.165) is 16.7 Å². The third-order valence-electron chi connectivity index (χ3n) is 9.56. The molecule has 3 atom stereocenters. The number of aryl methyl sites for hydroxylation is 1. The lowest BCUT2D eigenvalue weighted by atomic mass is 9.88. The van der Waals surface area contributed by atoms with Crippen LogP contribution in [-0.4, -0.2) is 72.0 Å². The Bertz CT molecular complexity index is 2070. The molecule has 0 aliphatic carbocycles. The van der Waals surface area contributed by atoms with Gasteiger partial charge >= 0.3 is 24.1 Å². The van der Waals surface area contributed by atoms with Gasteiger partial charge in [-0.2, -0.15) is 0 Å². The van der Waals surface area contributed by atoms with Gasteiger partial charge in [-0.3, -0.25) is 9.69 Å². The Hall–Kier alpha value is -5.95. The summed E-state index contributed by atoms with van der Waals surface area (Å²) in [5.74, 6) is -1.07. The molecule has 0 radical (unpaired) electrons.